The van der Waals surface area contributed by atoms with E-state index in [4.69, 9.17) is 0 Å². The summed E-state index contributed by atoms with van der Waals surface area (Å²) in [6, 6.07) is 3.48. The molecule has 5 nitrogen and oxygen atoms in total. The molecule has 2 rings (SSSR count). The lowest BCUT2D eigenvalue weighted by atomic mass is 9.77. The van der Waals surface area contributed by atoms with Gasteiger partial charge in [0.2, 0.25) is 0 Å². The molecule has 0 radical (unpaired) electrons. The van der Waals surface area contributed by atoms with Crippen LogP contribution in [0.5, 0.6) is 0 Å². The van der Waals surface area contributed by atoms with Crippen molar-refractivity contribution in [2.75, 3.05) is 25.0 Å². The van der Waals surface area contributed by atoms with E-state index in [-0.39, 0.29) is 18.1 Å². The largest absolute Gasteiger partial charge is 0.396 e. The molecule has 1 aromatic heterocycles. The zero-order chi connectivity index (χ0) is 14.6. The molecule has 0 spiro atoms. The van der Waals surface area contributed by atoms with Crippen LogP contribution >= 0.6 is 15.9 Å². The lowest BCUT2D eigenvalue weighted by molar-refractivity contribution is 0.0542. The average Bonchev–Trinajstić information content (AvgIpc) is 2.49. The van der Waals surface area contributed by atoms with Crippen LogP contribution in [0.25, 0.3) is 0 Å². The first kappa shape index (κ1) is 15.3. The van der Waals surface area contributed by atoms with Gasteiger partial charge >= 0.3 is 6.03 Å². The second-order valence-corrected chi connectivity index (χ2v) is 6.02. The summed E-state index contributed by atoms with van der Waals surface area (Å²) in [6.45, 7) is 3.65. The highest BCUT2D eigenvalue weighted by Crippen LogP contribution is 2.34. The average molecular weight is 342 g/mol. The zero-order valence-corrected chi connectivity index (χ0v) is 13.2. The molecule has 2 amide bonds. The van der Waals surface area contributed by atoms with Crippen molar-refractivity contribution in [3.63, 3.8) is 0 Å². The number of nitrogens with one attached hydrogen (secondary N) is 1. The molecule has 0 saturated carbocycles. The number of aromatic nitrogens is 1. The van der Waals surface area contributed by atoms with Crippen molar-refractivity contribution in [1.29, 1.82) is 0 Å². The third-order valence-electron chi connectivity index (χ3n) is 4.20. The van der Waals surface area contributed by atoms with E-state index in [0.29, 0.717) is 23.4 Å². The summed E-state index contributed by atoms with van der Waals surface area (Å²) in [4.78, 5) is 18.1. The summed E-state index contributed by atoms with van der Waals surface area (Å²) >= 11 is 3.31. The van der Waals surface area contributed by atoms with Crippen molar-refractivity contribution < 1.29 is 9.90 Å². The monoisotopic (exact) mass is 341 g/mol. The molecule has 1 fully saturated rings. The third-order valence-corrected chi connectivity index (χ3v) is 4.83. The molecule has 0 bridgehead atoms. The van der Waals surface area contributed by atoms with Crippen LogP contribution in [0.4, 0.5) is 10.5 Å². The summed E-state index contributed by atoms with van der Waals surface area (Å²) in [5.41, 5.74) is 0.665. The quantitative estimate of drug-likeness (QED) is 0.830. The minimum atomic E-state index is -0.110. The number of carbonyl (C=O) groups excluding carboxylic acids is 1. The first-order valence-electron chi connectivity index (χ1n) is 6.87. The molecule has 0 unspecified atom stereocenters. The summed E-state index contributed by atoms with van der Waals surface area (Å²) < 4.78 is 0.628. The number of pyridine rings is 1. The number of aliphatic hydroxyl groups is 1. The van der Waals surface area contributed by atoms with Gasteiger partial charge in [0.15, 0.2) is 0 Å². The molecule has 1 aliphatic heterocycles. The van der Waals surface area contributed by atoms with Crippen molar-refractivity contribution in [2.45, 2.75) is 26.2 Å². The minimum Gasteiger partial charge on any atom is -0.396 e. The number of likely N-dealkylation sites (tertiary alicyclic amines) is 1. The fourth-order valence-corrected chi connectivity index (χ4v) is 2.83. The van der Waals surface area contributed by atoms with E-state index < -0.39 is 0 Å². The number of amides is 2. The van der Waals surface area contributed by atoms with Crippen LogP contribution in [-0.2, 0) is 0 Å². The number of hydrogen-bond acceptors (Lipinski definition) is 3. The predicted octanol–water partition coefficient (Wildman–Crippen LogP) is 2.86. The Kier molecular flexibility index (Phi) is 4.99. The van der Waals surface area contributed by atoms with E-state index >= 15 is 0 Å². The number of rotatable bonds is 3. The highest BCUT2D eigenvalue weighted by molar-refractivity contribution is 9.10. The van der Waals surface area contributed by atoms with Gasteiger partial charge in [0.25, 0.3) is 0 Å². The summed E-state index contributed by atoms with van der Waals surface area (Å²) in [6.07, 6.45) is 4.31. The zero-order valence-electron chi connectivity index (χ0n) is 11.6. The SMILES string of the molecule is CCC1(CO)CCN(C(=O)Nc2cccnc2Br)CC1. The molecule has 0 aliphatic carbocycles. The van der Waals surface area contributed by atoms with Gasteiger partial charge in [0, 0.05) is 25.9 Å². The fraction of sp³-hybridized carbons (Fsp3) is 0.571. The van der Waals surface area contributed by atoms with Gasteiger partial charge in [-0.2, -0.15) is 0 Å². The van der Waals surface area contributed by atoms with Crippen molar-refractivity contribution in [1.82, 2.24) is 9.88 Å². The molecule has 2 N–H and O–H groups in total. The third kappa shape index (κ3) is 3.30. The molecule has 1 aromatic rings. The lowest BCUT2D eigenvalue weighted by Crippen LogP contribution is -2.46. The van der Waals surface area contributed by atoms with Gasteiger partial charge in [-0.1, -0.05) is 6.92 Å². The Morgan fingerprint density at radius 3 is 2.80 bits per heavy atom. The summed E-state index contributed by atoms with van der Waals surface area (Å²) in [5, 5.41) is 12.4. The highest BCUT2D eigenvalue weighted by atomic mass is 79.9. The van der Waals surface area contributed by atoms with Crippen LogP contribution in [-0.4, -0.2) is 40.7 Å². The van der Waals surface area contributed by atoms with Gasteiger partial charge in [0.05, 0.1) is 5.69 Å². The van der Waals surface area contributed by atoms with Crippen molar-refractivity contribution in [3.8, 4) is 0 Å². The van der Waals surface area contributed by atoms with E-state index in [1.807, 2.05) is 6.07 Å². The Labute approximate surface area is 127 Å². The molecule has 20 heavy (non-hydrogen) atoms. The second kappa shape index (κ2) is 6.54. The minimum absolute atomic E-state index is 0.00827. The maximum Gasteiger partial charge on any atom is 0.321 e. The van der Waals surface area contributed by atoms with Gasteiger partial charge < -0.3 is 15.3 Å². The van der Waals surface area contributed by atoms with Gasteiger partial charge in [-0.15, -0.1) is 0 Å². The molecule has 1 aliphatic rings. The normalized spacial score (nSPS) is 17.9. The fourth-order valence-electron chi connectivity index (χ4n) is 2.48. The molecule has 0 aromatic carbocycles. The maximum absolute atomic E-state index is 12.2. The Balaban J connectivity index is 1.94. The molecule has 0 atom stereocenters. The van der Waals surface area contributed by atoms with Crippen molar-refractivity contribution in [3.05, 3.63) is 22.9 Å². The van der Waals surface area contributed by atoms with Crippen LogP contribution in [0.2, 0.25) is 0 Å². The van der Waals surface area contributed by atoms with Crippen molar-refractivity contribution in [2.24, 2.45) is 5.41 Å². The number of aliphatic hydroxyl groups excluding tert-OH is 1. The number of anilines is 1. The number of urea groups is 1. The smallest absolute Gasteiger partial charge is 0.321 e. The van der Waals surface area contributed by atoms with E-state index in [9.17, 15) is 9.90 Å². The number of halogens is 1. The van der Waals surface area contributed by atoms with Crippen LogP contribution in [0.3, 0.4) is 0 Å². The lowest BCUT2D eigenvalue weighted by Gasteiger charge is -2.40. The van der Waals surface area contributed by atoms with Crippen LogP contribution in [0.15, 0.2) is 22.9 Å². The first-order valence-corrected chi connectivity index (χ1v) is 7.67. The van der Waals surface area contributed by atoms with E-state index in [2.05, 4.69) is 33.2 Å². The number of carbonyl (C=O) groups is 1. The summed E-state index contributed by atoms with van der Waals surface area (Å²) in [5.74, 6) is 0. The maximum atomic E-state index is 12.2. The topological polar surface area (TPSA) is 65.5 Å². The predicted molar refractivity (Wildman–Crippen MR) is 81.6 cm³/mol. The number of hydrogen-bond donors (Lipinski definition) is 2. The van der Waals surface area contributed by atoms with Gasteiger partial charge in [-0.05, 0) is 52.7 Å². The number of nitrogens with zero attached hydrogens (tertiary/aromatic N) is 2. The Bertz CT molecular complexity index is 467. The Morgan fingerprint density at radius 2 is 2.25 bits per heavy atom. The van der Waals surface area contributed by atoms with Gasteiger partial charge in [0.1, 0.15) is 4.60 Å². The summed E-state index contributed by atoms with van der Waals surface area (Å²) in [7, 11) is 0. The standard InChI is InChI=1S/C14H20BrN3O2/c1-2-14(10-19)5-8-18(9-6-14)13(20)17-11-4-3-7-16-12(11)15/h3-4,7,19H,2,5-6,8-10H2,1H3,(H,17,20). The van der Waals surface area contributed by atoms with Crippen LogP contribution in [0.1, 0.15) is 26.2 Å². The van der Waals surface area contributed by atoms with Gasteiger partial charge in [-0.25, -0.2) is 9.78 Å². The Hall–Kier alpha value is -1.14. The van der Waals surface area contributed by atoms with Gasteiger partial charge in [-0.3, -0.25) is 0 Å². The molecular formula is C14H20BrN3O2. The molecule has 1 saturated heterocycles. The van der Waals surface area contributed by atoms with Crippen LogP contribution in [0, 0.1) is 5.41 Å². The van der Waals surface area contributed by atoms with Crippen LogP contribution < -0.4 is 5.32 Å². The van der Waals surface area contributed by atoms with E-state index in [1.54, 1.807) is 17.2 Å². The molecule has 2 heterocycles. The first-order chi connectivity index (χ1) is 9.60. The van der Waals surface area contributed by atoms with E-state index in [0.717, 1.165) is 19.3 Å². The Morgan fingerprint density at radius 1 is 1.55 bits per heavy atom. The molecular weight excluding hydrogens is 322 g/mol. The molecule has 110 valence electrons. The molecule has 6 heteroatoms. The highest BCUT2D eigenvalue weighted by Gasteiger charge is 2.33. The van der Waals surface area contributed by atoms with Crippen molar-refractivity contribution >= 4 is 27.6 Å². The number of piperidine rings is 1. The second-order valence-electron chi connectivity index (χ2n) is 5.27. The van der Waals surface area contributed by atoms with E-state index in [1.165, 1.54) is 0 Å².